The van der Waals surface area contributed by atoms with E-state index in [1.54, 1.807) is 13.3 Å². The Hall–Kier alpha value is -2.56. The number of likely N-dealkylation sites (tertiary alicyclic amines) is 1. The topological polar surface area (TPSA) is 54.5 Å². The molecule has 1 fully saturated rings. The minimum atomic E-state index is 0.0237. The highest BCUT2D eigenvalue weighted by atomic mass is 16.5. The van der Waals surface area contributed by atoms with Gasteiger partial charge < -0.3 is 15.0 Å². The molecule has 1 aliphatic heterocycles. The number of hydrogen-bond acceptors (Lipinski definition) is 4. The van der Waals surface area contributed by atoms with Crippen molar-refractivity contribution in [2.45, 2.75) is 19.4 Å². The lowest BCUT2D eigenvalue weighted by atomic mass is 10.2. The van der Waals surface area contributed by atoms with Gasteiger partial charge in [-0.25, -0.2) is 0 Å². The van der Waals surface area contributed by atoms with Crippen LogP contribution < -0.4 is 10.1 Å². The van der Waals surface area contributed by atoms with E-state index in [9.17, 15) is 4.79 Å². The molecule has 2 heterocycles. The van der Waals surface area contributed by atoms with Crippen molar-refractivity contribution in [2.75, 3.05) is 25.5 Å². The fraction of sp³-hybridized carbons (Fsp3) is 0.333. The van der Waals surface area contributed by atoms with Crippen LogP contribution in [0, 0.1) is 0 Å². The molecule has 1 aromatic carbocycles. The molecule has 1 amide bonds. The smallest absolute Gasteiger partial charge is 0.272 e. The highest BCUT2D eigenvalue weighted by Crippen LogP contribution is 2.16. The maximum Gasteiger partial charge on any atom is 0.272 e. The first-order valence-corrected chi connectivity index (χ1v) is 7.88. The second kappa shape index (κ2) is 7.13. The zero-order chi connectivity index (χ0) is 16.1. The third kappa shape index (κ3) is 3.80. The molecule has 0 unspecified atom stereocenters. The van der Waals surface area contributed by atoms with Crippen molar-refractivity contribution in [1.82, 2.24) is 9.88 Å². The molecule has 0 saturated carbocycles. The summed E-state index contributed by atoms with van der Waals surface area (Å²) in [5, 5.41) is 3.33. The van der Waals surface area contributed by atoms with Gasteiger partial charge in [0.1, 0.15) is 11.4 Å². The number of nitrogens with zero attached hydrogens (tertiary/aromatic N) is 2. The van der Waals surface area contributed by atoms with Gasteiger partial charge in [-0.15, -0.1) is 0 Å². The van der Waals surface area contributed by atoms with Crippen molar-refractivity contribution in [2.24, 2.45) is 0 Å². The molecular weight excluding hydrogens is 290 g/mol. The molecule has 0 atom stereocenters. The SMILES string of the molecule is COc1ccc(CNc2ccnc(C(=O)N3CCCC3)c2)cc1. The lowest BCUT2D eigenvalue weighted by Crippen LogP contribution is -2.28. The average Bonchev–Trinajstić information content (AvgIpc) is 3.14. The monoisotopic (exact) mass is 311 g/mol. The predicted molar refractivity (Wildman–Crippen MR) is 89.7 cm³/mol. The molecule has 1 aliphatic rings. The van der Waals surface area contributed by atoms with Crippen molar-refractivity contribution >= 4 is 11.6 Å². The second-order valence-corrected chi connectivity index (χ2v) is 5.63. The molecule has 0 radical (unpaired) electrons. The summed E-state index contributed by atoms with van der Waals surface area (Å²) in [5.74, 6) is 0.867. The van der Waals surface area contributed by atoms with Crippen LogP contribution in [0.4, 0.5) is 5.69 Å². The number of ether oxygens (including phenoxy) is 1. The average molecular weight is 311 g/mol. The Morgan fingerprint density at radius 3 is 2.65 bits per heavy atom. The van der Waals surface area contributed by atoms with Gasteiger partial charge in [-0.05, 0) is 42.7 Å². The van der Waals surface area contributed by atoms with Gasteiger partial charge in [0.25, 0.3) is 5.91 Å². The Balaban J connectivity index is 1.63. The fourth-order valence-electron chi connectivity index (χ4n) is 2.69. The Kier molecular flexibility index (Phi) is 4.76. The van der Waals surface area contributed by atoms with E-state index in [-0.39, 0.29) is 5.91 Å². The zero-order valence-electron chi connectivity index (χ0n) is 13.3. The second-order valence-electron chi connectivity index (χ2n) is 5.63. The number of rotatable bonds is 5. The quantitative estimate of drug-likeness (QED) is 0.922. The van der Waals surface area contributed by atoms with E-state index in [0.29, 0.717) is 12.2 Å². The molecule has 1 saturated heterocycles. The maximum absolute atomic E-state index is 12.4. The predicted octanol–water partition coefficient (Wildman–Crippen LogP) is 2.94. The van der Waals surface area contributed by atoms with Gasteiger partial charge in [0, 0.05) is 31.5 Å². The number of aromatic nitrogens is 1. The minimum Gasteiger partial charge on any atom is -0.497 e. The van der Waals surface area contributed by atoms with Crippen LogP contribution in [-0.4, -0.2) is 36.0 Å². The number of hydrogen-bond donors (Lipinski definition) is 1. The molecular formula is C18H21N3O2. The van der Waals surface area contributed by atoms with Crippen LogP contribution in [0.2, 0.25) is 0 Å². The summed E-state index contributed by atoms with van der Waals surface area (Å²) in [4.78, 5) is 18.5. The highest BCUT2D eigenvalue weighted by molar-refractivity contribution is 5.93. The molecule has 120 valence electrons. The molecule has 1 aromatic heterocycles. The molecule has 5 nitrogen and oxygen atoms in total. The summed E-state index contributed by atoms with van der Waals surface area (Å²) in [5.41, 5.74) is 2.56. The summed E-state index contributed by atoms with van der Waals surface area (Å²) in [6.07, 6.45) is 3.85. The van der Waals surface area contributed by atoms with Gasteiger partial charge in [-0.3, -0.25) is 9.78 Å². The maximum atomic E-state index is 12.4. The van der Waals surface area contributed by atoms with Gasteiger partial charge in [0.05, 0.1) is 7.11 Å². The lowest BCUT2D eigenvalue weighted by molar-refractivity contribution is 0.0787. The van der Waals surface area contributed by atoms with Gasteiger partial charge in [0.15, 0.2) is 0 Å². The van der Waals surface area contributed by atoms with Crippen LogP contribution in [0.15, 0.2) is 42.6 Å². The molecule has 0 bridgehead atoms. The largest absolute Gasteiger partial charge is 0.497 e. The van der Waals surface area contributed by atoms with Crippen molar-refractivity contribution in [3.63, 3.8) is 0 Å². The number of methoxy groups -OCH3 is 1. The van der Waals surface area contributed by atoms with Gasteiger partial charge in [-0.1, -0.05) is 12.1 Å². The summed E-state index contributed by atoms with van der Waals surface area (Å²) >= 11 is 0. The van der Waals surface area contributed by atoms with Crippen LogP contribution >= 0.6 is 0 Å². The van der Waals surface area contributed by atoms with Gasteiger partial charge in [-0.2, -0.15) is 0 Å². The Labute approximate surface area is 136 Å². The van der Waals surface area contributed by atoms with Crippen LogP contribution in [0.25, 0.3) is 0 Å². The molecule has 5 heteroatoms. The Morgan fingerprint density at radius 2 is 1.96 bits per heavy atom. The third-order valence-electron chi connectivity index (χ3n) is 4.03. The number of carbonyl (C=O) groups is 1. The Bertz CT molecular complexity index is 664. The van der Waals surface area contributed by atoms with E-state index in [1.807, 2.05) is 41.3 Å². The van der Waals surface area contributed by atoms with Crippen LogP contribution in [0.1, 0.15) is 28.9 Å². The van der Waals surface area contributed by atoms with Crippen molar-refractivity contribution in [3.05, 3.63) is 53.9 Å². The molecule has 3 rings (SSSR count). The van der Waals surface area contributed by atoms with E-state index in [2.05, 4.69) is 10.3 Å². The Morgan fingerprint density at radius 1 is 1.22 bits per heavy atom. The summed E-state index contributed by atoms with van der Waals surface area (Å²) in [6.45, 7) is 2.36. The number of amides is 1. The summed E-state index contributed by atoms with van der Waals surface area (Å²) in [7, 11) is 1.66. The van der Waals surface area contributed by atoms with Crippen LogP contribution in [-0.2, 0) is 6.54 Å². The summed E-state index contributed by atoms with van der Waals surface area (Å²) < 4.78 is 5.15. The minimum absolute atomic E-state index is 0.0237. The van der Waals surface area contributed by atoms with Crippen molar-refractivity contribution in [3.8, 4) is 5.75 Å². The van der Waals surface area contributed by atoms with E-state index in [1.165, 1.54) is 0 Å². The number of anilines is 1. The third-order valence-corrected chi connectivity index (χ3v) is 4.03. The molecule has 2 aromatic rings. The first-order valence-electron chi connectivity index (χ1n) is 7.88. The number of pyridine rings is 1. The first-order chi connectivity index (χ1) is 11.3. The molecule has 0 aliphatic carbocycles. The van der Waals surface area contributed by atoms with Crippen molar-refractivity contribution in [1.29, 1.82) is 0 Å². The fourth-order valence-corrected chi connectivity index (χ4v) is 2.69. The van der Waals surface area contributed by atoms with E-state index in [0.717, 1.165) is 42.9 Å². The number of nitrogens with one attached hydrogen (secondary N) is 1. The molecule has 1 N–H and O–H groups in total. The van der Waals surface area contributed by atoms with E-state index in [4.69, 9.17) is 4.74 Å². The van der Waals surface area contributed by atoms with E-state index < -0.39 is 0 Å². The lowest BCUT2D eigenvalue weighted by Gasteiger charge is -2.15. The van der Waals surface area contributed by atoms with Crippen LogP contribution in [0.3, 0.4) is 0 Å². The zero-order valence-corrected chi connectivity index (χ0v) is 13.3. The molecule has 23 heavy (non-hydrogen) atoms. The first kappa shape index (κ1) is 15.3. The number of benzene rings is 1. The van der Waals surface area contributed by atoms with Gasteiger partial charge >= 0.3 is 0 Å². The van der Waals surface area contributed by atoms with E-state index >= 15 is 0 Å². The standard InChI is InChI=1S/C18H21N3O2/c1-23-16-6-4-14(5-7-16)13-20-15-8-9-19-17(12-15)18(22)21-10-2-3-11-21/h4-9,12H,2-3,10-11,13H2,1H3,(H,19,20). The van der Waals surface area contributed by atoms with Gasteiger partial charge in [0.2, 0.25) is 0 Å². The molecule has 0 spiro atoms. The van der Waals surface area contributed by atoms with Crippen LogP contribution in [0.5, 0.6) is 5.75 Å². The normalized spacial score (nSPS) is 13.9. The number of carbonyl (C=O) groups excluding carboxylic acids is 1. The highest BCUT2D eigenvalue weighted by Gasteiger charge is 2.20. The van der Waals surface area contributed by atoms with Crippen molar-refractivity contribution < 1.29 is 9.53 Å². The summed E-state index contributed by atoms with van der Waals surface area (Å²) in [6, 6.07) is 11.6.